The van der Waals surface area contributed by atoms with Crippen LogP contribution in [-0.4, -0.2) is 57.9 Å². The number of aliphatic hydroxyl groups excluding tert-OH is 1. The molecule has 1 aromatic heterocycles. The van der Waals surface area contributed by atoms with Crippen LogP contribution in [0.4, 0.5) is 10.5 Å². The Kier molecular flexibility index (Phi) is 4.04. The number of hydrogen-bond donors (Lipinski definition) is 3. The topological polar surface area (TPSA) is 112 Å². The number of carboxylic acid groups (broad SMARTS) is 1. The van der Waals surface area contributed by atoms with Crippen molar-refractivity contribution in [3.63, 3.8) is 0 Å². The molecular formula is C12H15N3O5. The number of urea groups is 1. The molecule has 8 heteroatoms. The van der Waals surface area contributed by atoms with Gasteiger partial charge < -0.3 is 25.2 Å². The summed E-state index contributed by atoms with van der Waals surface area (Å²) in [5, 5.41) is 21.0. The molecule has 2 heterocycles. The van der Waals surface area contributed by atoms with Gasteiger partial charge in [-0.15, -0.1) is 0 Å². The number of aliphatic carboxylic acids is 1. The van der Waals surface area contributed by atoms with E-state index in [4.69, 9.17) is 9.84 Å². The lowest BCUT2D eigenvalue weighted by Gasteiger charge is -2.21. The number of amides is 2. The highest BCUT2D eigenvalue weighted by molar-refractivity contribution is 5.92. The average molecular weight is 281 g/mol. The van der Waals surface area contributed by atoms with Gasteiger partial charge in [0.2, 0.25) is 5.88 Å². The first-order chi connectivity index (χ1) is 9.51. The summed E-state index contributed by atoms with van der Waals surface area (Å²) in [6.45, 7) is -0.00756. The zero-order valence-electron chi connectivity index (χ0n) is 10.8. The largest absolute Gasteiger partial charge is 0.481 e. The second-order valence-electron chi connectivity index (χ2n) is 4.42. The molecule has 2 atom stereocenters. The van der Waals surface area contributed by atoms with Crippen molar-refractivity contribution in [2.24, 2.45) is 0 Å². The van der Waals surface area contributed by atoms with Gasteiger partial charge in [-0.1, -0.05) is 0 Å². The SMILES string of the molecule is COc1ccc(NC(=O)N2CC(O)CC2C(=O)O)cn1. The van der Waals surface area contributed by atoms with Crippen LogP contribution in [0.25, 0.3) is 0 Å². The molecule has 1 aliphatic rings. The minimum absolute atomic E-state index is 0.00756. The first-order valence-corrected chi connectivity index (χ1v) is 6.00. The van der Waals surface area contributed by atoms with E-state index < -0.39 is 24.1 Å². The van der Waals surface area contributed by atoms with Crippen molar-refractivity contribution in [3.05, 3.63) is 18.3 Å². The van der Waals surface area contributed by atoms with Gasteiger partial charge >= 0.3 is 12.0 Å². The lowest BCUT2D eigenvalue weighted by atomic mass is 10.2. The van der Waals surface area contributed by atoms with Crippen LogP contribution < -0.4 is 10.1 Å². The summed E-state index contributed by atoms with van der Waals surface area (Å²) in [4.78, 5) is 28.1. The minimum Gasteiger partial charge on any atom is -0.481 e. The highest BCUT2D eigenvalue weighted by Crippen LogP contribution is 2.20. The molecule has 0 saturated carbocycles. The number of rotatable bonds is 3. The van der Waals surface area contributed by atoms with Crippen molar-refractivity contribution in [1.29, 1.82) is 0 Å². The van der Waals surface area contributed by atoms with Crippen molar-refractivity contribution >= 4 is 17.7 Å². The van der Waals surface area contributed by atoms with E-state index in [-0.39, 0.29) is 13.0 Å². The zero-order chi connectivity index (χ0) is 14.7. The maximum Gasteiger partial charge on any atom is 0.326 e. The lowest BCUT2D eigenvalue weighted by molar-refractivity contribution is -0.141. The fourth-order valence-electron chi connectivity index (χ4n) is 2.04. The monoisotopic (exact) mass is 281 g/mol. The Hall–Kier alpha value is -2.35. The molecule has 108 valence electrons. The van der Waals surface area contributed by atoms with Gasteiger partial charge in [0.1, 0.15) is 6.04 Å². The van der Waals surface area contributed by atoms with Gasteiger partial charge in [0.15, 0.2) is 0 Å². The Labute approximate surface area is 115 Å². The normalized spacial score (nSPS) is 21.6. The predicted octanol–water partition coefficient (Wildman–Crippen LogP) is 0.142. The number of aliphatic hydroxyl groups is 1. The molecule has 0 radical (unpaired) electrons. The second-order valence-corrected chi connectivity index (χ2v) is 4.42. The molecule has 0 bridgehead atoms. The van der Waals surface area contributed by atoms with Gasteiger partial charge in [0.05, 0.1) is 25.1 Å². The second kappa shape index (κ2) is 5.74. The average Bonchev–Trinajstić information content (AvgIpc) is 2.82. The van der Waals surface area contributed by atoms with Crippen molar-refractivity contribution in [2.45, 2.75) is 18.6 Å². The zero-order valence-corrected chi connectivity index (χ0v) is 10.8. The molecule has 1 fully saturated rings. The number of nitrogens with zero attached hydrogens (tertiary/aromatic N) is 2. The maximum absolute atomic E-state index is 12.0. The fraction of sp³-hybridized carbons (Fsp3) is 0.417. The molecule has 20 heavy (non-hydrogen) atoms. The molecule has 2 amide bonds. The highest BCUT2D eigenvalue weighted by Gasteiger charge is 2.38. The number of likely N-dealkylation sites (tertiary alicyclic amines) is 1. The van der Waals surface area contributed by atoms with Crippen LogP contribution in [0.15, 0.2) is 18.3 Å². The van der Waals surface area contributed by atoms with Crippen molar-refractivity contribution in [2.75, 3.05) is 19.0 Å². The van der Waals surface area contributed by atoms with Gasteiger partial charge in [0, 0.05) is 19.0 Å². The maximum atomic E-state index is 12.0. The standard InChI is InChI=1S/C12H15N3O5/c1-20-10-3-2-7(5-13-10)14-12(19)15-6-8(16)4-9(15)11(17)18/h2-3,5,8-9,16H,4,6H2,1H3,(H,14,19)(H,17,18). The van der Waals surface area contributed by atoms with Gasteiger partial charge in [-0.25, -0.2) is 14.6 Å². The fourth-order valence-corrected chi connectivity index (χ4v) is 2.04. The van der Waals surface area contributed by atoms with E-state index in [1.165, 1.54) is 13.3 Å². The number of pyridine rings is 1. The summed E-state index contributed by atoms with van der Waals surface area (Å²) in [6.07, 6.45) is 0.610. The minimum atomic E-state index is -1.13. The third-order valence-corrected chi connectivity index (χ3v) is 3.02. The number of hydrogen-bond acceptors (Lipinski definition) is 5. The molecule has 8 nitrogen and oxygen atoms in total. The Morgan fingerprint density at radius 1 is 1.50 bits per heavy atom. The number of carbonyl (C=O) groups is 2. The molecule has 0 aliphatic carbocycles. The van der Waals surface area contributed by atoms with Gasteiger partial charge in [0.25, 0.3) is 0 Å². The first kappa shape index (κ1) is 14.1. The van der Waals surface area contributed by atoms with Crippen LogP contribution >= 0.6 is 0 Å². The molecule has 1 aromatic rings. The van der Waals surface area contributed by atoms with E-state index in [1.54, 1.807) is 12.1 Å². The van der Waals surface area contributed by atoms with E-state index in [0.717, 1.165) is 4.90 Å². The highest BCUT2D eigenvalue weighted by atomic mass is 16.5. The van der Waals surface area contributed by atoms with Crippen molar-refractivity contribution in [1.82, 2.24) is 9.88 Å². The molecule has 0 aromatic carbocycles. The number of carboxylic acids is 1. The van der Waals surface area contributed by atoms with Gasteiger partial charge in [-0.2, -0.15) is 0 Å². The number of anilines is 1. The van der Waals surface area contributed by atoms with Crippen LogP contribution in [0.3, 0.4) is 0 Å². The van der Waals surface area contributed by atoms with E-state index in [1.807, 2.05) is 0 Å². The number of methoxy groups -OCH3 is 1. The molecule has 2 unspecified atom stereocenters. The number of aromatic nitrogens is 1. The summed E-state index contributed by atoms with van der Waals surface area (Å²) in [5.41, 5.74) is 0.418. The first-order valence-electron chi connectivity index (χ1n) is 6.00. The third-order valence-electron chi connectivity index (χ3n) is 3.02. The van der Waals surface area contributed by atoms with Crippen molar-refractivity contribution in [3.8, 4) is 5.88 Å². The molecule has 1 aliphatic heterocycles. The Bertz CT molecular complexity index is 504. The van der Waals surface area contributed by atoms with Crippen LogP contribution in [0.2, 0.25) is 0 Å². The smallest absolute Gasteiger partial charge is 0.326 e. The quantitative estimate of drug-likeness (QED) is 0.726. The van der Waals surface area contributed by atoms with E-state index in [2.05, 4.69) is 10.3 Å². The predicted molar refractivity (Wildman–Crippen MR) is 68.6 cm³/mol. The Morgan fingerprint density at radius 2 is 2.25 bits per heavy atom. The van der Waals surface area contributed by atoms with Crippen LogP contribution in [0.1, 0.15) is 6.42 Å². The summed E-state index contributed by atoms with van der Waals surface area (Å²) < 4.78 is 4.89. The molecule has 1 saturated heterocycles. The van der Waals surface area contributed by atoms with E-state index in [0.29, 0.717) is 11.6 Å². The number of β-amino-alcohol motifs (C(OH)–C–C–N with tert-alkyl or cyclic N) is 1. The van der Waals surface area contributed by atoms with E-state index in [9.17, 15) is 14.7 Å². The summed E-state index contributed by atoms with van der Waals surface area (Å²) in [7, 11) is 1.48. The number of nitrogens with one attached hydrogen (secondary N) is 1. The van der Waals surface area contributed by atoms with Crippen LogP contribution in [0.5, 0.6) is 5.88 Å². The van der Waals surface area contributed by atoms with Gasteiger partial charge in [-0.05, 0) is 6.07 Å². The summed E-state index contributed by atoms with van der Waals surface area (Å²) >= 11 is 0. The summed E-state index contributed by atoms with van der Waals surface area (Å²) in [6, 6.07) is 1.56. The van der Waals surface area contributed by atoms with Crippen LogP contribution in [-0.2, 0) is 4.79 Å². The lowest BCUT2D eigenvalue weighted by Crippen LogP contribution is -2.43. The molecule has 2 rings (SSSR count). The Morgan fingerprint density at radius 3 is 2.80 bits per heavy atom. The van der Waals surface area contributed by atoms with E-state index >= 15 is 0 Å². The number of ether oxygens (including phenoxy) is 1. The molecule has 0 spiro atoms. The van der Waals surface area contributed by atoms with Crippen LogP contribution in [0, 0.1) is 0 Å². The van der Waals surface area contributed by atoms with Crippen molar-refractivity contribution < 1.29 is 24.5 Å². The summed E-state index contributed by atoms with van der Waals surface area (Å²) in [5.74, 6) is -0.729. The molecule has 3 N–H and O–H groups in total. The van der Waals surface area contributed by atoms with Gasteiger partial charge in [-0.3, -0.25) is 0 Å². The third kappa shape index (κ3) is 2.97. The number of carbonyl (C=O) groups excluding carboxylic acids is 1. The molecular weight excluding hydrogens is 266 g/mol. The Balaban J connectivity index is 2.04.